The highest BCUT2D eigenvalue weighted by molar-refractivity contribution is 6.00. The first-order valence-electron chi connectivity index (χ1n) is 12.0. The van der Waals surface area contributed by atoms with E-state index in [0.29, 0.717) is 32.5 Å². The lowest BCUT2D eigenvalue weighted by Gasteiger charge is -2.31. The Morgan fingerprint density at radius 3 is 2.67 bits per heavy atom. The number of hydrogen-bond donors (Lipinski definition) is 3. The minimum atomic E-state index is -0.369. The minimum Gasteiger partial charge on any atom is -0.508 e. The SMILES string of the molecule is CN1CC(Nc2cccc3c2CN(C(=O)c2c(O)cc(O)cc2OCc2ccccc2)CC3)CC1=O. The van der Waals surface area contributed by atoms with E-state index >= 15 is 0 Å². The molecule has 1 unspecified atom stereocenters. The highest BCUT2D eigenvalue weighted by Gasteiger charge is 2.31. The van der Waals surface area contributed by atoms with Crippen LogP contribution >= 0.6 is 0 Å². The van der Waals surface area contributed by atoms with Crippen LogP contribution in [0, 0.1) is 0 Å². The summed E-state index contributed by atoms with van der Waals surface area (Å²) >= 11 is 0. The van der Waals surface area contributed by atoms with Crippen molar-refractivity contribution in [3.63, 3.8) is 0 Å². The van der Waals surface area contributed by atoms with Gasteiger partial charge in [-0.05, 0) is 29.2 Å². The van der Waals surface area contributed by atoms with Crippen molar-refractivity contribution < 1.29 is 24.5 Å². The zero-order valence-electron chi connectivity index (χ0n) is 20.1. The van der Waals surface area contributed by atoms with Crippen LogP contribution in [0.2, 0.25) is 0 Å². The van der Waals surface area contributed by atoms with Crippen molar-refractivity contribution in [2.75, 3.05) is 25.5 Å². The Labute approximate surface area is 209 Å². The number of nitrogens with one attached hydrogen (secondary N) is 1. The molecule has 0 spiro atoms. The number of carbonyl (C=O) groups is 2. The molecule has 186 valence electrons. The van der Waals surface area contributed by atoms with Gasteiger partial charge in [-0.15, -0.1) is 0 Å². The lowest BCUT2D eigenvalue weighted by molar-refractivity contribution is -0.126. The monoisotopic (exact) mass is 487 g/mol. The van der Waals surface area contributed by atoms with Crippen molar-refractivity contribution in [1.29, 1.82) is 0 Å². The van der Waals surface area contributed by atoms with Gasteiger partial charge in [0, 0.05) is 50.9 Å². The molecule has 36 heavy (non-hydrogen) atoms. The maximum absolute atomic E-state index is 13.6. The molecule has 0 radical (unpaired) electrons. The molecule has 1 fully saturated rings. The normalized spacial score (nSPS) is 17.1. The minimum absolute atomic E-state index is 0.0132. The third-order valence-electron chi connectivity index (χ3n) is 6.78. The molecular formula is C28H29N3O5. The highest BCUT2D eigenvalue weighted by atomic mass is 16.5. The van der Waals surface area contributed by atoms with Crippen molar-refractivity contribution in [2.24, 2.45) is 0 Å². The second-order valence-electron chi connectivity index (χ2n) is 9.35. The van der Waals surface area contributed by atoms with Gasteiger partial charge in [0.25, 0.3) is 5.91 Å². The summed E-state index contributed by atoms with van der Waals surface area (Å²) in [5.74, 6) is -0.635. The fraction of sp³-hybridized carbons (Fsp3) is 0.286. The van der Waals surface area contributed by atoms with Crippen molar-refractivity contribution >= 4 is 17.5 Å². The Morgan fingerprint density at radius 2 is 1.92 bits per heavy atom. The predicted molar refractivity (Wildman–Crippen MR) is 135 cm³/mol. The Hall–Kier alpha value is -4.20. The third kappa shape index (κ3) is 4.79. The quantitative estimate of drug-likeness (QED) is 0.492. The summed E-state index contributed by atoms with van der Waals surface area (Å²) in [6.07, 6.45) is 1.10. The number of rotatable bonds is 6. The van der Waals surface area contributed by atoms with Crippen LogP contribution < -0.4 is 10.1 Å². The van der Waals surface area contributed by atoms with Crippen LogP contribution in [0.3, 0.4) is 0 Å². The zero-order valence-corrected chi connectivity index (χ0v) is 20.1. The largest absolute Gasteiger partial charge is 0.508 e. The Morgan fingerprint density at radius 1 is 1.11 bits per heavy atom. The van der Waals surface area contributed by atoms with Crippen LogP contribution in [-0.2, 0) is 24.4 Å². The molecule has 0 saturated carbocycles. The molecule has 2 amide bonds. The van der Waals surface area contributed by atoms with E-state index in [9.17, 15) is 19.8 Å². The molecule has 0 aromatic heterocycles. The highest BCUT2D eigenvalue weighted by Crippen LogP contribution is 2.36. The first kappa shape index (κ1) is 23.5. The third-order valence-corrected chi connectivity index (χ3v) is 6.78. The number of likely N-dealkylation sites (tertiary alicyclic amines) is 1. The van der Waals surface area contributed by atoms with E-state index in [1.54, 1.807) is 16.8 Å². The number of benzene rings is 3. The van der Waals surface area contributed by atoms with Gasteiger partial charge in [0.05, 0.1) is 6.04 Å². The number of likely N-dealkylation sites (N-methyl/N-ethyl adjacent to an activating group) is 1. The lowest BCUT2D eigenvalue weighted by Crippen LogP contribution is -2.37. The van der Waals surface area contributed by atoms with Gasteiger partial charge in [-0.25, -0.2) is 0 Å². The molecule has 8 heteroatoms. The molecule has 2 aliphatic rings. The molecule has 5 rings (SSSR count). The number of hydrogen-bond acceptors (Lipinski definition) is 6. The van der Waals surface area contributed by atoms with Crippen molar-refractivity contribution in [3.05, 3.63) is 82.9 Å². The van der Waals surface area contributed by atoms with Gasteiger partial charge in [-0.1, -0.05) is 42.5 Å². The van der Waals surface area contributed by atoms with E-state index in [1.165, 1.54) is 6.07 Å². The van der Waals surface area contributed by atoms with E-state index in [4.69, 9.17) is 4.74 Å². The average Bonchev–Trinajstić information content (AvgIpc) is 3.19. The molecule has 0 aliphatic carbocycles. The van der Waals surface area contributed by atoms with E-state index in [2.05, 4.69) is 11.4 Å². The average molecular weight is 488 g/mol. The van der Waals surface area contributed by atoms with Gasteiger partial charge in [0.15, 0.2) is 0 Å². The molecule has 1 saturated heterocycles. The topological polar surface area (TPSA) is 102 Å². The van der Waals surface area contributed by atoms with E-state index in [1.807, 2.05) is 42.5 Å². The van der Waals surface area contributed by atoms with E-state index in [-0.39, 0.29) is 47.3 Å². The number of phenolic OH excluding ortho intramolecular Hbond substituents is 2. The number of phenols is 2. The maximum Gasteiger partial charge on any atom is 0.261 e. The van der Waals surface area contributed by atoms with Crippen molar-refractivity contribution in [3.8, 4) is 17.2 Å². The van der Waals surface area contributed by atoms with Crippen LogP contribution in [0.4, 0.5) is 5.69 Å². The molecule has 3 aromatic carbocycles. The van der Waals surface area contributed by atoms with Gasteiger partial charge in [-0.2, -0.15) is 0 Å². The number of amides is 2. The fourth-order valence-corrected chi connectivity index (χ4v) is 4.88. The summed E-state index contributed by atoms with van der Waals surface area (Å²) in [4.78, 5) is 29.0. The molecule has 2 aliphatic heterocycles. The summed E-state index contributed by atoms with van der Waals surface area (Å²) in [7, 11) is 1.80. The number of nitrogens with zero attached hydrogens (tertiary/aromatic N) is 2. The summed E-state index contributed by atoms with van der Waals surface area (Å²) in [6.45, 7) is 1.66. The molecule has 1 atom stereocenters. The fourth-order valence-electron chi connectivity index (χ4n) is 4.88. The molecule has 3 aromatic rings. The lowest BCUT2D eigenvalue weighted by atomic mass is 9.96. The summed E-state index contributed by atoms with van der Waals surface area (Å²) < 4.78 is 5.88. The molecule has 3 N–H and O–H groups in total. The van der Waals surface area contributed by atoms with Gasteiger partial charge in [0.2, 0.25) is 5.91 Å². The van der Waals surface area contributed by atoms with Crippen LogP contribution in [0.25, 0.3) is 0 Å². The van der Waals surface area contributed by atoms with Crippen molar-refractivity contribution in [2.45, 2.75) is 32.0 Å². The van der Waals surface area contributed by atoms with Crippen LogP contribution in [0.1, 0.15) is 33.5 Å². The first-order valence-corrected chi connectivity index (χ1v) is 12.0. The number of carbonyl (C=O) groups excluding carboxylic acids is 2. The zero-order chi connectivity index (χ0) is 25.2. The van der Waals surface area contributed by atoms with Gasteiger partial charge < -0.3 is 30.1 Å². The second kappa shape index (κ2) is 9.81. The maximum atomic E-state index is 13.6. The molecule has 2 heterocycles. The Kier molecular flexibility index (Phi) is 6.41. The standard InChI is InChI=1S/C28H29N3O5/c1-30-15-20(12-26(30)34)29-23-9-5-8-19-10-11-31(16-22(19)23)28(35)27-24(33)13-21(32)14-25(27)36-17-18-6-3-2-4-7-18/h2-9,13-14,20,29,32-33H,10-12,15-17H2,1H3. The summed E-state index contributed by atoms with van der Waals surface area (Å²) in [6, 6.07) is 18.0. The van der Waals surface area contributed by atoms with Gasteiger partial charge in [-0.3, -0.25) is 9.59 Å². The first-order chi connectivity index (χ1) is 17.4. The Bertz CT molecular complexity index is 1290. The predicted octanol–water partition coefficient (Wildman–Crippen LogP) is 3.52. The smallest absolute Gasteiger partial charge is 0.261 e. The number of anilines is 1. The van der Waals surface area contributed by atoms with Gasteiger partial charge in [0.1, 0.15) is 29.4 Å². The summed E-state index contributed by atoms with van der Waals surface area (Å²) in [5, 5.41) is 24.2. The van der Waals surface area contributed by atoms with Gasteiger partial charge >= 0.3 is 0 Å². The number of ether oxygens (including phenoxy) is 1. The number of aromatic hydroxyl groups is 2. The number of fused-ring (bicyclic) bond motifs is 1. The molecule has 0 bridgehead atoms. The van der Waals surface area contributed by atoms with Crippen LogP contribution in [0.5, 0.6) is 17.2 Å². The second-order valence-corrected chi connectivity index (χ2v) is 9.35. The van der Waals surface area contributed by atoms with Crippen LogP contribution in [-0.4, -0.2) is 58.0 Å². The van der Waals surface area contributed by atoms with Crippen molar-refractivity contribution in [1.82, 2.24) is 9.80 Å². The summed E-state index contributed by atoms with van der Waals surface area (Å²) in [5.41, 5.74) is 3.99. The van der Waals surface area contributed by atoms with Crippen LogP contribution in [0.15, 0.2) is 60.7 Å². The Balaban J connectivity index is 1.38. The van der Waals surface area contributed by atoms with E-state index < -0.39 is 0 Å². The van der Waals surface area contributed by atoms with E-state index in [0.717, 1.165) is 28.4 Å². The molecule has 8 nitrogen and oxygen atoms in total. The molecular weight excluding hydrogens is 458 g/mol.